The van der Waals surface area contributed by atoms with Gasteiger partial charge in [0.05, 0.1) is 18.7 Å². The first-order valence-electron chi connectivity index (χ1n) is 10.5. The highest BCUT2D eigenvalue weighted by atomic mass is 35.5. The van der Waals surface area contributed by atoms with Crippen molar-refractivity contribution in [3.05, 3.63) is 28.5 Å². The lowest BCUT2D eigenvalue weighted by atomic mass is 10.1. The van der Waals surface area contributed by atoms with Crippen LogP contribution in [0.2, 0.25) is 5.02 Å². The number of ether oxygens (including phenoxy) is 2. The number of nitrogens with zero attached hydrogens (tertiary/aromatic N) is 3. The third-order valence-electron chi connectivity index (χ3n) is 4.44. The summed E-state index contributed by atoms with van der Waals surface area (Å²) in [6.45, 7) is 10.4. The van der Waals surface area contributed by atoms with Crippen molar-refractivity contribution in [2.45, 2.75) is 52.2 Å². The standard InChI is InChI=1S/C22H33ClN4O3S/c1-14(2)12-27-19(25-26-22(27)31-6)8-7-9-24-21(28)16-10-17(23)20(18(11-16)29-5)30-13-15(3)4/h10-11,14-15H,7-9,12-13H2,1-6H3,(H,24,28). The second-order valence-corrected chi connectivity index (χ2v) is 9.34. The summed E-state index contributed by atoms with van der Waals surface area (Å²) in [5.74, 6) is 2.51. The summed E-state index contributed by atoms with van der Waals surface area (Å²) in [7, 11) is 1.53. The molecule has 2 aromatic rings. The average molecular weight is 469 g/mol. The lowest BCUT2D eigenvalue weighted by Crippen LogP contribution is -2.25. The van der Waals surface area contributed by atoms with E-state index in [1.54, 1.807) is 23.9 Å². The molecule has 0 aliphatic rings. The quantitative estimate of drug-likeness (QED) is 0.359. The topological polar surface area (TPSA) is 78.3 Å². The zero-order valence-electron chi connectivity index (χ0n) is 19.2. The fraction of sp³-hybridized carbons (Fsp3) is 0.591. The highest BCUT2D eigenvalue weighted by Gasteiger charge is 2.17. The van der Waals surface area contributed by atoms with Gasteiger partial charge in [-0.25, -0.2) is 0 Å². The molecule has 1 N–H and O–H groups in total. The number of carbonyl (C=O) groups excluding carboxylic acids is 1. The maximum absolute atomic E-state index is 12.6. The number of carbonyl (C=O) groups is 1. The molecule has 0 unspecified atom stereocenters. The van der Waals surface area contributed by atoms with Crippen molar-refractivity contribution >= 4 is 29.3 Å². The van der Waals surface area contributed by atoms with Crippen LogP contribution in [0, 0.1) is 11.8 Å². The molecule has 0 saturated carbocycles. The van der Waals surface area contributed by atoms with Crippen LogP contribution in [0.5, 0.6) is 11.5 Å². The summed E-state index contributed by atoms with van der Waals surface area (Å²) in [5.41, 5.74) is 0.436. The molecular weight excluding hydrogens is 436 g/mol. The van der Waals surface area contributed by atoms with E-state index in [0.29, 0.717) is 47.1 Å². The molecule has 0 spiro atoms. The zero-order chi connectivity index (χ0) is 23.0. The molecule has 1 aromatic carbocycles. The zero-order valence-corrected chi connectivity index (χ0v) is 20.8. The van der Waals surface area contributed by atoms with Crippen molar-refractivity contribution in [3.8, 4) is 11.5 Å². The number of amides is 1. The Kier molecular flexibility index (Phi) is 9.96. The maximum Gasteiger partial charge on any atom is 0.251 e. The average Bonchev–Trinajstić information content (AvgIpc) is 3.10. The monoisotopic (exact) mass is 468 g/mol. The van der Waals surface area contributed by atoms with Crippen molar-refractivity contribution in [3.63, 3.8) is 0 Å². The molecule has 1 heterocycles. The highest BCUT2D eigenvalue weighted by molar-refractivity contribution is 7.98. The normalized spacial score (nSPS) is 11.3. The van der Waals surface area contributed by atoms with Crippen LogP contribution in [0.15, 0.2) is 17.3 Å². The predicted octanol–water partition coefficient (Wildman–Crippen LogP) is 4.72. The van der Waals surface area contributed by atoms with Crippen molar-refractivity contribution in [2.75, 3.05) is 26.5 Å². The van der Waals surface area contributed by atoms with Crippen LogP contribution in [0.4, 0.5) is 0 Å². The van der Waals surface area contributed by atoms with Gasteiger partial charge in [-0.3, -0.25) is 4.79 Å². The minimum Gasteiger partial charge on any atom is -0.493 e. The van der Waals surface area contributed by atoms with Crippen LogP contribution >= 0.6 is 23.4 Å². The molecule has 31 heavy (non-hydrogen) atoms. The first kappa shape index (κ1) is 25.3. The summed E-state index contributed by atoms with van der Waals surface area (Å²) in [4.78, 5) is 12.6. The molecule has 0 fully saturated rings. The van der Waals surface area contributed by atoms with E-state index in [9.17, 15) is 4.79 Å². The van der Waals surface area contributed by atoms with Crippen LogP contribution in [0.1, 0.15) is 50.3 Å². The third-order valence-corrected chi connectivity index (χ3v) is 5.39. The lowest BCUT2D eigenvalue weighted by molar-refractivity contribution is 0.0952. The number of benzene rings is 1. The van der Waals surface area contributed by atoms with Gasteiger partial charge in [0, 0.05) is 25.1 Å². The number of hydrogen-bond acceptors (Lipinski definition) is 6. The molecule has 7 nitrogen and oxygen atoms in total. The van der Waals surface area contributed by atoms with Gasteiger partial charge in [-0.2, -0.15) is 0 Å². The molecular formula is C22H33ClN4O3S. The summed E-state index contributed by atoms with van der Waals surface area (Å²) >= 11 is 7.95. The van der Waals surface area contributed by atoms with E-state index >= 15 is 0 Å². The highest BCUT2D eigenvalue weighted by Crippen LogP contribution is 2.36. The molecule has 0 radical (unpaired) electrons. The minimum atomic E-state index is -0.205. The number of methoxy groups -OCH3 is 1. The third kappa shape index (κ3) is 7.31. The number of nitrogens with one attached hydrogen (secondary N) is 1. The Morgan fingerprint density at radius 3 is 2.58 bits per heavy atom. The van der Waals surface area contributed by atoms with E-state index < -0.39 is 0 Å². The second kappa shape index (κ2) is 12.2. The first-order valence-corrected chi connectivity index (χ1v) is 12.1. The van der Waals surface area contributed by atoms with Gasteiger partial charge in [-0.1, -0.05) is 51.1 Å². The predicted molar refractivity (Wildman–Crippen MR) is 126 cm³/mol. The number of thioether (sulfide) groups is 1. The molecule has 9 heteroatoms. The van der Waals surface area contributed by atoms with E-state index in [4.69, 9.17) is 21.1 Å². The maximum atomic E-state index is 12.6. The molecule has 0 aliphatic heterocycles. The van der Waals surface area contributed by atoms with Gasteiger partial charge in [-0.05, 0) is 36.6 Å². The van der Waals surface area contributed by atoms with Gasteiger partial charge in [-0.15, -0.1) is 10.2 Å². The molecule has 172 valence electrons. The van der Waals surface area contributed by atoms with Crippen LogP contribution in [-0.2, 0) is 13.0 Å². The van der Waals surface area contributed by atoms with Gasteiger partial charge in [0.2, 0.25) is 0 Å². The molecule has 0 saturated heterocycles. The molecule has 2 rings (SSSR count). The Labute approximate surface area is 194 Å². The fourth-order valence-corrected chi connectivity index (χ4v) is 3.78. The van der Waals surface area contributed by atoms with E-state index in [0.717, 1.165) is 30.4 Å². The number of halogens is 1. The van der Waals surface area contributed by atoms with Gasteiger partial charge in [0.1, 0.15) is 5.82 Å². The van der Waals surface area contributed by atoms with Gasteiger partial charge in [0.25, 0.3) is 5.91 Å². The van der Waals surface area contributed by atoms with E-state index in [1.165, 1.54) is 7.11 Å². The van der Waals surface area contributed by atoms with Crippen LogP contribution < -0.4 is 14.8 Å². The van der Waals surface area contributed by atoms with Crippen LogP contribution in [0.25, 0.3) is 0 Å². The molecule has 1 aromatic heterocycles. The smallest absolute Gasteiger partial charge is 0.251 e. The van der Waals surface area contributed by atoms with Crippen molar-refractivity contribution in [1.82, 2.24) is 20.1 Å². The van der Waals surface area contributed by atoms with E-state index in [1.807, 2.05) is 6.26 Å². The summed E-state index contributed by atoms with van der Waals surface area (Å²) < 4.78 is 13.3. The van der Waals surface area contributed by atoms with Crippen LogP contribution in [0.3, 0.4) is 0 Å². The summed E-state index contributed by atoms with van der Waals surface area (Å²) in [5, 5.41) is 12.8. The van der Waals surface area contributed by atoms with E-state index in [-0.39, 0.29) is 5.91 Å². The molecule has 0 atom stereocenters. The number of rotatable bonds is 12. The molecule has 0 bridgehead atoms. The minimum absolute atomic E-state index is 0.205. The Balaban J connectivity index is 1.96. The number of hydrogen-bond donors (Lipinski definition) is 1. The summed E-state index contributed by atoms with van der Waals surface area (Å²) in [6, 6.07) is 3.26. The van der Waals surface area contributed by atoms with E-state index in [2.05, 4.69) is 47.8 Å². The molecule has 1 amide bonds. The Bertz CT molecular complexity index is 871. The van der Waals surface area contributed by atoms with Crippen molar-refractivity contribution in [1.29, 1.82) is 0 Å². The Morgan fingerprint density at radius 2 is 1.97 bits per heavy atom. The second-order valence-electron chi connectivity index (χ2n) is 8.16. The number of aromatic nitrogens is 3. The summed E-state index contributed by atoms with van der Waals surface area (Å²) in [6.07, 6.45) is 3.51. The largest absolute Gasteiger partial charge is 0.493 e. The van der Waals surface area contributed by atoms with Crippen LogP contribution in [-0.4, -0.2) is 47.2 Å². The van der Waals surface area contributed by atoms with Gasteiger partial charge in [0.15, 0.2) is 16.7 Å². The number of aryl methyl sites for hydroxylation is 1. The van der Waals surface area contributed by atoms with Crippen molar-refractivity contribution in [2.24, 2.45) is 11.8 Å². The SMILES string of the molecule is COc1cc(C(=O)NCCCc2nnc(SC)n2CC(C)C)cc(Cl)c1OCC(C)C. The fourth-order valence-electron chi connectivity index (χ4n) is 2.99. The molecule has 0 aliphatic carbocycles. The van der Waals surface area contributed by atoms with Gasteiger partial charge >= 0.3 is 0 Å². The Hall–Kier alpha value is -1.93. The van der Waals surface area contributed by atoms with Gasteiger partial charge < -0.3 is 19.4 Å². The first-order chi connectivity index (χ1) is 14.8. The lowest BCUT2D eigenvalue weighted by Gasteiger charge is -2.15. The Morgan fingerprint density at radius 1 is 1.23 bits per heavy atom. The van der Waals surface area contributed by atoms with Crippen molar-refractivity contribution < 1.29 is 14.3 Å².